The van der Waals surface area contributed by atoms with E-state index in [4.69, 9.17) is 11.6 Å². The molecule has 1 atom stereocenters. The Kier molecular flexibility index (Phi) is 7.35. The van der Waals surface area contributed by atoms with E-state index in [1.165, 1.54) is 11.8 Å². The second-order valence-corrected chi connectivity index (χ2v) is 8.51. The smallest absolute Gasteiger partial charge is 0.252 e. The lowest BCUT2D eigenvalue weighted by Gasteiger charge is -2.14. The topological polar surface area (TPSA) is 88.9 Å². The summed E-state index contributed by atoms with van der Waals surface area (Å²) in [4.78, 5) is 24.9. The molecule has 3 rings (SSSR count). The van der Waals surface area contributed by atoms with E-state index in [9.17, 15) is 9.59 Å². The molecule has 1 heterocycles. The maximum Gasteiger partial charge on any atom is 0.252 e. The summed E-state index contributed by atoms with van der Waals surface area (Å²) in [5, 5.41) is 15.4. The van der Waals surface area contributed by atoms with Crippen molar-refractivity contribution < 1.29 is 9.59 Å². The van der Waals surface area contributed by atoms with Gasteiger partial charge in [0, 0.05) is 23.3 Å². The van der Waals surface area contributed by atoms with Crippen LogP contribution in [-0.4, -0.2) is 32.3 Å². The highest BCUT2D eigenvalue weighted by Crippen LogP contribution is 2.24. The van der Waals surface area contributed by atoms with Crippen molar-refractivity contribution in [3.8, 4) is 0 Å². The van der Waals surface area contributed by atoms with Gasteiger partial charge in [-0.3, -0.25) is 9.59 Å². The summed E-state index contributed by atoms with van der Waals surface area (Å²) in [6.45, 7) is 5.60. The molecular weight excluding hydrogens is 434 g/mol. The molecule has 3 aromatic rings. The number of thioether (sulfide) groups is 1. The molecule has 0 bridgehead atoms. The molecule has 0 saturated carbocycles. The molecule has 31 heavy (non-hydrogen) atoms. The molecule has 7 nitrogen and oxygen atoms in total. The number of carbonyl (C=O) groups excluding carboxylic acids is 2. The number of nitrogens with one attached hydrogen (secondary N) is 2. The maximum atomic E-state index is 12.6. The number of hydrogen-bond acceptors (Lipinski definition) is 5. The van der Waals surface area contributed by atoms with Crippen LogP contribution in [0.3, 0.4) is 0 Å². The number of aryl methyl sites for hydroxylation is 1. The molecule has 0 spiro atoms. The minimum atomic E-state index is -0.345. The van der Waals surface area contributed by atoms with Gasteiger partial charge < -0.3 is 15.2 Å². The van der Waals surface area contributed by atoms with Crippen LogP contribution in [0.25, 0.3) is 0 Å². The average molecular weight is 458 g/mol. The molecule has 0 fully saturated rings. The summed E-state index contributed by atoms with van der Waals surface area (Å²) >= 11 is 7.37. The fraction of sp³-hybridized carbons (Fsp3) is 0.273. The Balaban J connectivity index is 1.60. The number of aromatic nitrogens is 3. The van der Waals surface area contributed by atoms with E-state index < -0.39 is 0 Å². The van der Waals surface area contributed by atoms with Gasteiger partial charge in [0.1, 0.15) is 0 Å². The molecule has 9 heteroatoms. The number of amides is 2. The van der Waals surface area contributed by atoms with Crippen molar-refractivity contribution in [1.82, 2.24) is 20.1 Å². The fourth-order valence-corrected chi connectivity index (χ4v) is 3.95. The molecule has 0 aliphatic heterocycles. The molecule has 1 aromatic heterocycles. The third-order valence-corrected chi connectivity index (χ3v) is 6.30. The summed E-state index contributed by atoms with van der Waals surface area (Å²) in [6.07, 6.45) is 0. The van der Waals surface area contributed by atoms with Gasteiger partial charge in [0.15, 0.2) is 11.0 Å². The van der Waals surface area contributed by atoms with Crippen LogP contribution in [0.15, 0.2) is 47.6 Å². The van der Waals surface area contributed by atoms with Crippen LogP contribution in [0.4, 0.5) is 5.69 Å². The third-order valence-electron chi connectivity index (χ3n) is 4.87. The predicted octanol–water partition coefficient (Wildman–Crippen LogP) is 4.31. The normalized spacial score (nSPS) is 11.8. The number of benzene rings is 2. The molecule has 2 N–H and O–H groups in total. The first kappa shape index (κ1) is 22.8. The standard InChI is InChI=1S/C22H24ClN5O2S/c1-13-8-5-6-9-16(13)21(30)24-15(3)20-26-27-22(28(20)4)31-12-19(29)25-18-11-7-10-17(23)14(18)2/h5-11,15H,12H2,1-4H3,(H,24,30)(H,25,29)/t15-/m0/s1. The van der Waals surface area contributed by atoms with Gasteiger partial charge >= 0.3 is 0 Å². The Hall–Kier alpha value is -2.84. The Bertz CT molecular complexity index is 1120. The van der Waals surface area contributed by atoms with E-state index in [0.717, 1.165) is 11.1 Å². The van der Waals surface area contributed by atoms with Crippen LogP contribution in [0.1, 0.15) is 40.3 Å². The van der Waals surface area contributed by atoms with Crippen molar-refractivity contribution in [2.24, 2.45) is 7.05 Å². The van der Waals surface area contributed by atoms with E-state index in [1.807, 2.05) is 52.1 Å². The Morgan fingerprint density at radius 1 is 1.13 bits per heavy atom. The summed E-state index contributed by atoms with van der Waals surface area (Å²) < 4.78 is 1.78. The molecule has 0 unspecified atom stereocenters. The Morgan fingerprint density at radius 2 is 1.87 bits per heavy atom. The van der Waals surface area contributed by atoms with Crippen LogP contribution in [0.5, 0.6) is 0 Å². The van der Waals surface area contributed by atoms with Crippen molar-refractivity contribution in [3.05, 3.63) is 70.0 Å². The number of nitrogens with zero attached hydrogens (tertiary/aromatic N) is 3. The molecule has 2 aromatic carbocycles. The van der Waals surface area contributed by atoms with Gasteiger partial charge in [0.25, 0.3) is 5.91 Å². The van der Waals surface area contributed by atoms with Gasteiger partial charge in [-0.1, -0.05) is 47.6 Å². The van der Waals surface area contributed by atoms with Gasteiger partial charge in [-0.05, 0) is 50.1 Å². The van der Waals surface area contributed by atoms with Crippen LogP contribution >= 0.6 is 23.4 Å². The minimum Gasteiger partial charge on any atom is -0.342 e. The van der Waals surface area contributed by atoms with Crippen LogP contribution < -0.4 is 10.6 Å². The largest absolute Gasteiger partial charge is 0.342 e. The molecule has 0 radical (unpaired) electrons. The van der Waals surface area contributed by atoms with Crippen molar-refractivity contribution in [1.29, 1.82) is 0 Å². The monoisotopic (exact) mass is 457 g/mol. The molecule has 2 amide bonds. The quantitative estimate of drug-likeness (QED) is 0.516. The minimum absolute atomic E-state index is 0.166. The third kappa shape index (κ3) is 5.45. The van der Waals surface area contributed by atoms with Gasteiger partial charge in [-0.2, -0.15) is 0 Å². The molecule has 0 aliphatic carbocycles. The lowest BCUT2D eigenvalue weighted by molar-refractivity contribution is -0.113. The first-order valence-corrected chi connectivity index (χ1v) is 11.1. The molecule has 0 saturated heterocycles. The summed E-state index contributed by atoms with van der Waals surface area (Å²) in [5.41, 5.74) is 3.03. The predicted molar refractivity (Wildman–Crippen MR) is 124 cm³/mol. The first-order valence-electron chi connectivity index (χ1n) is 9.71. The second kappa shape index (κ2) is 9.98. The number of carbonyl (C=O) groups is 2. The number of halogens is 1. The van der Waals surface area contributed by atoms with E-state index >= 15 is 0 Å². The van der Waals surface area contributed by atoms with Crippen LogP contribution in [0, 0.1) is 13.8 Å². The Morgan fingerprint density at radius 3 is 2.61 bits per heavy atom. The number of rotatable bonds is 7. The fourth-order valence-electron chi connectivity index (χ4n) is 3.05. The van der Waals surface area contributed by atoms with E-state index in [2.05, 4.69) is 20.8 Å². The van der Waals surface area contributed by atoms with Gasteiger partial charge in [-0.25, -0.2) is 0 Å². The lowest BCUT2D eigenvalue weighted by Crippen LogP contribution is -2.29. The highest BCUT2D eigenvalue weighted by molar-refractivity contribution is 7.99. The van der Waals surface area contributed by atoms with Crippen LogP contribution in [-0.2, 0) is 11.8 Å². The zero-order valence-electron chi connectivity index (χ0n) is 17.8. The first-order chi connectivity index (χ1) is 14.8. The SMILES string of the molecule is Cc1ccccc1C(=O)N[C@@H](C)c1nnc(SCC(=O)Nc2cccc(Cl)c2C)n1C. The van der Waals surface area contributed by atoms with Crippen molar-refractivity contribution >= 4 is 40.9 Å². The van der Waals surface area contributed by atoms with Crippen LogP contribution in [0.2, 0.25) is 5.02 Å². The summed E-state index contributed by atoms with van der Waals surface area (Å²) in [6, 6.07) is 12.4. The van der Waals surface area contributed by atoms with Crippen molar-refractivity contribution in [2.45, 2.75) is 32.0 Å². The van der Waals surface area contributed by atoms with Crippen molar-refractivity contribution in [2.75, 3.05) is 11.1 Å². The summed E-state index contributed by atoms with van der Waals surface area (Å²) in [5.74, 6) is 0.442. The molecule has 0 aliphatic rings. The average Bonchev–Trinajstić information content (AvgIpc) is 3.10. The van der Waals surface area contributed by atoms with Crippen molar-refractivity contribution in [3.63, 3.8) is 0 Å². The lowest BCUT2D eigenvalue weighted by atomic mass is 10.1. The number of anilines is 1. The second-order valence-electron chi connectivity index (χ2n) is 7.16. The number of hydrogen-bond donors (Lipinski definition) is 2. The molecular formula is C22H24ClN5O2S. The summed E-state index contributed by atoms with van der Waals surface area (Å²) in [7, 11) is 1.81. The zero-order chi connectivity index (χ0) is 22.5. The Labute approximate surface area is 190 Å². The highest BCUT2D eigenvalue weighted by atomic mass is 35.5. The highest BCUT2D eigenvalue weighted by Gasteiger charge is 2.19. The van der Waals surface area contributed by atoms with Gasteiger partial charge in [-0.15, -0.1) is 10.2 Å². The molecule has 162 valence electrons. The maximum absolute atomic E-state index is 12.6. The zero-order valence-corrected chi connectivity index (χ0v) is 19.3. The van der Waals surface area contributed by atoms with Gasteiger partial charge in [0.05, 0.1) is 11.8 Å². The van der Waals surface area contributed by atoms with E-state index in [1.54, 1.807) is 22.8 Å². The van der Waals surface area contributed by atoms with E-state index in [0.29, 0.717) is 27.3 Å². The van der Waals surface area contributed by atoms with E-state index in [-0.39, 0.29) is 23.6 Å². The van der Waals surface area contributed by atoms with Gasteiger partial charge in [0.2, 0.25) is 5.91 Å².